The molecule has 142 valence electrons. The molecule has 0 spiro atoms. The van der Waals surface area contributed by atoms with Gasteiger partial charge in [0.2, 0.25) is 0 Å². The van der Waals surface area contributed by atoms with Gasteiger partial charge in [0.1, 0.15) is 17.4 Å². The van der Waals surface area contributed by atoms with E-state index in [1.54, 1.807) is 0 Å². The highest BCUT2D eigenvalue weighted by molar-refractivity contribution is 5.82. The zero-order valence-electron chi connectivity index (χ0n) is 15.0. The predicted molar refractivity (Wildman–Crippen MR) is 102 cm³/mol. The Morgan fingerprint density at radius 2 is 2.07 bits per heavy atom. The fraction of sp³-hybridized carbons (Fsp3) is 0.158. The predicted octanol–water partition coefficient (Wildman–Crippen LogP) is 2.36. The number of nitrogens with zero attached hydrogens (tertiary/aromatic N) is 5. The van der Waals surface area contributed by atoms with E-state index in [0.29, 0.717) is 23.1 Å². The van der Waals surface area contributed by atoms with Crippen LogP contribution in [-0.2, 0) is 6.54 Å². The molecule has 0 aliphatic heterocycles. The molecule has 0 aliphatic carbocycles. The van der Waals surface area contributed by atoms with Crippen LogP contribution in [0.1, 0.15) is 5.56 Å². The number of rotatable bonds is 5. The van der Waals surface area contributed by atoms with E-state index in [-0.39, 0.29) is 24.4 Å². The van der Waals surface area contributed by atoms with Gasteiger partial charge in [-0.1, -0.05) is 18.2 Å². The summed E-state index contributed by atoms with van der Waals surface area (Å²) in [5.74, 6) is 0. The number of hydrogen-bond donors (Lipinski definition) is 1. The van der Waals surface area contributed by atoms with Gasteiger partial charge in [-0.15, -0.1) is 0 Å². The fourth-order valence-corrected chi connectivity index (χ4v) is 3.09. The molecule has 2 aromatic heterocycles. The first-order valence-electron chi connectivity index (χ1n) is 8.57. The van der Waals surface area contributed by atoms with Crippen LogP contribution in [0, 0.1) is 6.92 Å². The molecule has 2 aromatic carbocycles. The Labute approximate surface area is 158 Å². The van der Waals surface area contributed by atoms with Crippen LogP contribution in [0.5, 0.6) is 0 Å². The molecule has 28 heavy (non-hydrogen) atoms. The summed E-state index contributed by atoms with van der Waals surface area (Å²) >= 11 is 0. The molecule has 9 heteroatoms. The Morgan fingerprint density at radius 1 is 1.25 bits per heavy atom. The van der Waals surface area contributed by atoms with Gasteiger partial charge in [-0.3, -0.25) is 0 Å². The number of benzene rings is 2. The molecular formula is C19H17FN6O2. The van der Waals surface area contributed by atoms with Gasteiger partial charge in [0.05, 0.1) is 18.6 Å². The van der Waals surface area contributed by atoms with Gasteiger partial charge in [0.15, 0.2) is 0 Å². The molecular weight excluding hydrogens is 363 g/mol. The normalized spacial score (nSPS) is 12.0. The third kappa shape index (κ3) is 3.01. The number of nitrogens with two attached hydrogens (primary N) is 1. The van der Waals surface area contributed by atoms with Crippen molar-refractivity contribution in [1.82, 2.24) is 24.7 Å². The van der Waals surface area contributed by atoms with Crippen molar-refractivity contribution in [3.8, 4) is 16.8 Å². The standard InChI is InChI=1S/C19H17FN6O2/c1-12-15(14-5-6-16-17(7-14)24-28-23-16)3-2-4-18(12)25-11-22-26(19(25)27)10-13(8-20)9-21/h2-8,11H,9-10,21H2,1H3/b13-8+. The van der Waals surface area contributed by atoms with E-state index < -0.39 is 0 Å². The molecule has 4 rings (SSSR count). The number of fused-ring (bicyclic) bond motifs is 1. The average Bonchev–Trinajstić information content (AvgIpc) is 3.32. The van der Waals surface area contributed by atoms with Crippen LogP contribution >= 0.6 is 0 Å². The van der Waals surface area contributed by atoms with Crippen LogP contribution in [0.15, 0.2) is 64.1 Å². The van der Waals surface area contributed by atoms with E-state index >= 15 is 0 Å². The van der Waals surface area contributed by atoms with Crippen LogP contribution < -0.4 is 11.4 Å². The van der Waals surface area contributed by atoms with Crippen LogP contribution in [0.3, 0.4) is 0 Å². The maximum absolute atomic E-state index is 12.8. The van der Waals surface area contributed by atoms with Gasteiger partial charge in [-0.05, 0) is 57.7 Å². The van der Waals surface area contributed by atoms with Crippen molar-refractivity contribution < 1.29 is 9.02 Å². The molecule has 0 aliphatic rings. The zero-order valence-corrected chi connectivity index (χ0v) is 15.0. The number of hydrogen-bond acceptors (Lipinski definition) is 6. The lowest BCUT2D eigenvalue weighted by atomic mass is 9.98. The van der Waals surface area contributed by atoms with Crippen molar-refractivity contribution in [3.05, 3.63) is 70.7 Å². The quantitative estimate of drug-likeness (QED) is 0.570. The summed E-state index contributed by atoms with van der Waals surface area (Å²) in [6.45, 7) is 1.95. The van der Waals surface area contributed by atoms with E-state index in [4.69, 9.17) is 10.4 Å². The molecule has 2 heterocycles. The second-order valence-electron chi connectivity index (χ2n) is 6.33. The van der Waals surface area contributed by atoms with Crippen molar-refractivity contribution >= 4 is 11.0 Å². The largest absolute Gasteiger partial charge is 0.350 e. The summed E-state index contributed by atoms with van der Waals surface area (Å²) in [6.07, 6.45) is 1.83. The van der Waals surface area contributed by atoms with Gasteiger partial charge < -0.3 is 5.73 Å². The number of halogens is 1. The topological polar surface area (TPSA) is 105 Å². The monoisotopic (exact) mass is 380 g/mol. The maximum Gasteiger partial charge on any atom is 0.350 e. The van der Waals surface area contributed by atoms with Crippen LogP contribution in [0.2, 0.25) is 0 Å². The zero-order chi connectivity index (χ0) is 19.7. The molecule has 0 saturated carbocycles. The minimum absolute atomic E-state index is 0.00734. The van der Waals surface area contributed by atoms with Gasteiger partial charge in [-0.2, -0.15) is 5.10 Å². The van der Waals surface area contributed by atoms with Crippen molar-refractivity contribution in [2.75, 3.05) is 6.54 Å². The molecule has 0 fully saturated rings. The highest BCUT2D eigenvalue weighted by Crippen LogP contribution is 2.29. The van der Waals surface area contributed by atoms with Crippen LogP contribution in [0.4, 0.5) is 4.39 Å². The second-order valence-corrected chi connectivity index (χ2v) is 6.33. The lowest BCUT2D eigenvalue weighted by molar-refractivity contribution is 0.315. The Balaban J connectivity index is 1.77. The third-order valence-corrected chi connectivity index (χ3v) is 4.63. The Bertz CT molecular complexity index is 1240. The lowest BCUT2D eigenvalue weighted by Crippen LogP contribution is -2.26. The number of aromatic nitrogens is 5. The molecule has 0 bridgehead atoms. The highest BCUT2D eigenvalue weighted by atomic mass is 19.1. The van der Waals surface area contributed by atoms with Crippen molar-refractivity contribution in [1.29, 1.82) is 0 Å². The molecule has 4 aromatic rings. The Kier molecular flexibility index (Phi) is 4.58. The van der Waals surface area contributed by atoms with E-state index in [0.717, 1.165) is 16.7 Å². The van der Waals surface area contributed by atoms with E-state index in [1.165, 1.54) is 15.6 Å². The van der Waals surface area contributed by atoms with Gasteiger partial charge in [0.25, 0.3) is 0 Å². The minimum Gasteiger partial charge on any atom is -0.327 e. The van der Waals surface area contributed by atoms with Gasteiger partial charge in [-0.25, -0.2) is 23.1 Å². The van der Waals surface area contributed by atoms with Crippen molar-refractivity contribution in [3.63, 3.8) is 0 Å². The minimum atomic E-state index is -0.371. The molecule has 0 saturated heterocycles. The SMILES string of the molecule is Cc1c(-c2ccc3nonc3c2)cccc1-n1cnn(C/C(=C/F)CN)c1=O. The first-order valence-corrected chi connectivity index (χ1v) is 8.57. The Morgan fingerprint density at radius 3 is 2.86 bits per heavy atom. The third-order valence-electron chi connectivity index (χ3n) is 4.63. The van der Waals surface area contributed by atoms with E-state index in [1.807, 2.05) is 43.3 Å². The molecule has 0 radical (unpaired) electrons. The van der Waals surface area contributed by atoms with E-state index in [2.05, 4.69) is 15.4 Å². The maximum atomic E-state index is 12.8. The van der Waals surface area contributed by atoms with Crippen LogP contribution in [-0.4, -0.2) is 31.2 Å². The summed E-state index contributed by atoms with van der Waals surface area (Å²) in [5.41, 5.74) is 10.1. The summed E-state index contributed by atoms with van der Waals surface area (Å²) in [5, 5.41) is 11.8. The first kappa shape index (κ1) is 17.8. The molecule has 0 atom stereocenters. The molecule has 0 unspecified atom stereocenters. The lowest BCUT2D eigenvalue weighted by Gasteiger charge is -2.11. The van der Waals surface area contributed by atoms with E-state index in [9.17, 15) is 9.18 Å². The average molecular weight is 380 g/mol. The Hall–Kier alpha value is -3.59. The molecule has 8 nitrogen and oxygen atoms in total. The first-order chi connectivity index (χ1) is 13.6. The summed E-state index contributed by atoms with van der Waals surface area (Å²) in [6, 6.07) is 11.3. The second kappa shape index (κ2) is 7.20. The molecule has 0 amide bonds. The summed E-state index contributed by atoms with van der Waals surface area (Å²) in [4.78, 5) is 12.7. The van der Waals surface area contributed by atoms with Gasteiger partial charge in [0, 0.05) is 6.54 Å². The highest BCUT2D eigenvalue weighted by Gasteiger charge is 2.14. The summed E-state index contributed by atoms with van der Waals surface area (Å²) < 4.78 is 20.2. The van der Waals surface area contributed by atoms with Gasteiger partial charge >= 0.3 is 5.69 Å². The van der Waals surface area contributed by atoms with Crippen LogP contribution in [0.25, 0.3) is 27.8 Å². The van der Waals surface area contributed by atoms with Crippen molar-refractivity contribution in [2.24, 2.45) is 5.73 Å². The van der Waals surface area contributed by atoms with Crippen molar-refractivity contribution in [2.45, 2.75) is 13.5 Å². The fourth-order valence-electron chi connectivity index (χ4n) is 3.09. The molecule has 2 N–H and O–H groups in total. The smallest absolute Gasteiger partial charge is 0.327 e. The summed E-state index contributed by atoms with van der Waals surface area (Å²) in [7, 11) is 0.